The summed E-state index contributed by atoms with van der Waals surface area (Å²) in [5, 5.41) is 0. The molecule has 0 radical (unpaired) electrons. The molecule has 12 aromatic carbocycles. The molecule has 0 fully saturated rings. The lowest BCUT2D eigenvalue weighted by atomic mass is 10.00. The van der Waals surface area contributed by atoms with Gasteiger partial charge in [0, 0.05) is 46.3 Å². The molecule has 0 N–H and O–H groups in total. The van der Waals surface area contributed by atoms with Crippen LogP contribution in [0.15, 0.2) is 334 Å². The highest BCUT2D eigenvalue weighted by atomic mass is 15.2. The molecule has 2 heterocycles. The Hall–Kier alpha value is -11.1. The number of rotatable bonds is 14. The fourth-order valence-corrected chi connectivity index (χ4v) is 11.8. The van der Waals surface area contributed by atoms with Gasteiger partial charge in [0.25, 0.3) is 5.82 Å². The van der Waals surface area contributed by atoms with Crippen molar-refractivity contribution in [2.24, 2.45) is 14.1 Å². The van der Waals surface area contributed by atoms with Crippen molar-refractivity contribution in [2.75, 3.05) is 9.80 Å². The Morgan fingerprint density at radius 1 is 0.235 bits per heavy atom. The van der Waals surface area contributed by atoms with Gasteiger partial charge in [-0.1, -0.05) is 200 Å². The average Bonchev–Trinajstić information content (AvgIpc) is 2.38. The first kappa shape index (κ1) is 52.0. The van der Waals surface area contributed by atoms with Crippen LogP contribution in [0.5, 0.6) is 0 Å². The van der Waals surface area contributed by atoms with Gasteiger partial charge in [-0.2, -0.15) is 4.57 Å². The summed E-state index contributed by atoms with van der Waals surface area (Å²) in [4.78, 5) is 4.70. The summed E-state index contributed by atoms with van der Waals surface area (Å²) in [6.07, 6.45) is 4.17. The third kappa shape index (κ3) is 10.6. The minimum absolute atomic E-state index is 1.07. The zero-order chi connectivity index (χ0) is 57.1. The summed E-state index contributed by atoms with van der Waals surface area (Å²) in [6.45, 7) is 0. The topological polar surface area (TPSA) is 19.2 Å². The number of anilines is 6. The van der Waals surface area contributed by atoms with Crippen LogP contribution in [0.1, 0.15) is 0 Å². The van der Waals surface area contributed by atoms with Crippen LogP contribution in [0.2, 0.25) is 0 Å². The van der Waals surface area contributed by atoms with Gasteiger partial charge >= 0.3 is 0 Å². The third-order valence-corrected chi connectivity index (χ3v) is 16.3. The van der Waals surface area contributed by atoms with Gasteiger partial charge in [-0.05, 0) is 176 Å². The number of benzene rings is 12. The van der Waals surface area contributed by atoms with Crippen molar-refractivity contribution in [2.45, 2.75) is 0 Å². The summed E-state index contributed by atoms with van der Waals surface area (Å²) >= 11 is 0. The normalized spacial score (nSPS) is 11.2. The van der Waals surface area contributed by atoms with Gasteiger partial charge in [0.1, 0.15) is 12.7 Å². The number of aromatic nitrogens is 3. The monoisotopic (exact) mass is 1090 g/mol. The number of para-hydroxylation sites is 3. The van der Waals surface area contributed by atoms with E-state index in [9.17, 15) is 0 Å². The number of nitrogens with zero attached hydrogens (tertiary/aromatic N) is 5. The summed E-state index contributed by atoms with van der Waals surface area (Å²) in [7, 11) is 4.20. The van der Waals surface area contributed by atoms with Crippen molar-refractivity contribution in [1.82, 2.24) is 4.57 Å². The molecule has 85 heavy (non-hydrogen) atoms. The van der Waals surface area contributed by atoms with Crippen LogP contribution in [0.25, 0.3) is 94.9 Å². The molecule has 0 saturated carbocycles. The molecule has 0 aliphatic carbocycles. The Labute approximate surface area is 497 Å². The molecule has 0 bridgehead atoms. The Morgan fingerprint density at radius 2 is 0.482 bits per heavy atom. The van der Waals surface area contributed by atoms with E-state index in [2.05, 4.69) is 364 Å². The van der Waals surface area contributed by atoms with Gasteiger partial charge in [0.15, 0.2) is 23.4 Å². The molecule has 404 valence electrons. The van der Waals surface area contributed by atoms with Gasteiger partial charge in [0.2, 0.25) is 0 Å². The Balaban J connectivity index is 0.753. The van der Waals surface area contributed by atoms with E-state index in [0.717, 1.165) is 73.5 Å². The summed E-state index contributed by atoms with van der Waals surface area (Å²) in [5.41, 5.74) is 25.2. The lowest BCUT2D eigenvalue weighted by Crippen LogP contribution is -2.30. The first-order valence-corrected chi connectivity index (χ1v) is 29.0. The van der Waals surface area contributed by atoms with Crippen LogP contribution in [-0.2, 0) is 14.1 Å². The number of fused-ring (bicyclic) bond motifs is 1. The maximum atomic E-state index is 2.36. The summed E-state index contributed by atoms with van der Waals surface area (Å²) < 4.78 is 6.71. The molecule has 5 heteroatoms. The van der Waals surface area contributed by atoms with Gasteiger partial charge in [-0.3, -0.25) is 0 Å². The number of pyridine rings is 1. The number of imidazole rings is 1. The molecule has 0 aliphatic rings. The van der Waals surface area contributed by atoms with Crippen LogP contribution < -0.4 is 18.9 Å². The first-order chi connectivity index (χ1) is 42.0. The molecular formula is C80H61N5+2. The zero-order valence-electron chi connectivity index (χ0n) is 47.5. The molecule has 0 saturated heterocycles. The lowest BCUT2D eigenvalue weighted by Gasteiger charge is -2.27. The Morgan fingerprint density at radius 3 is 0.812 bits per heavy atom. The highest BCUT2D eigenvalue weighted by Gasteiger charge is 2.26. The van der Waals surface area contributed by atoms with Crippen LogP contribution in [-0.4, -0.2) is 4.57 Å². The van der Waals surface area contributed by atoms with E-state index in [0.29, 0.717) is 0 Å². The number of hydrogen-bond acceptors (Lipinski definition) is 2. The van der Waals surface area contributed by atoms with E-state index in [-0.39, 0.29) is 0 Å². The third-order valence-electron chi connectivity index (χ3n) is 16.3. The predicted molar refractivity (Wildman–Crippen MR) is 353 cm³/mol. The molecular weight excluding hydrogens is 1030 g/mol. The van der Waals surface area contributed by atoms with Crippen LogP contribution >= 0.6 is 0 Å². The van der Waals surface area contributed by atoms with E-state index < -0.39 is 0 Å². The average molecular weight is 1090 g/mol. The second kappa shape index (κ2) is 23.0. The number of aryl methyl sites for hydroxylation is 2. The SMILES string of the molecule is C[n+]1ccc(-c2ccc(-c3ccc(N(c4ccc(-c5ccccc5)cc4)c4ccc(-c5ccc(N(c6ccc(-c7ccccc7)cc6)c6ccc(-c7ccc(-c8n(-c9ccccc9)c9ccccc9[n+]8C)cc7)cc6)cc5)cc4)cc3)cc2)cc1. The fourth-order valence-electron chi connectivity index (χ4n) is 11.8. The predicted octanol–water partition coefficient (Wildman–Crippen LogP) is 19.9. The standard InChI is InChI=1S/C80H61N5/c1-81-56-54-69(55-57-81)62-24-22-60(23-25-62)65-34-46-74(47-35-65)83(72-42-30-63(31-43-72)58-14-6-3-7-15-58)76-50-38-67(39-51-76)68-40-52-77(53-41-68)84(73-44-32-64(33-45-73)59-16-8-4-9-17-59)75-48-36-66(37-49-75)61-26-28-70(29-27-61)80-82(2)78-20-12-13-21-79(78)85(80)71-18-10-5-11-19-71/h3-57H,1-2H3/q+2. The minimum Gasteiger partial charge on any atom is -0.311 e. The molecule has 14 rings (SSSR count). The second-order valence-electron chi connectivity index (χ2n) is 21.6. The quantitative estimate of drug-likeness (QED) is 0.101. The van der Waals surface area contributed by atoms with Crippen molar-refractivity contribution in [3.8, 4) is 83.8 Å². The van der Waals surface area contributed by atoms with E-state index in [4.69, 9.17) is 0 Å². The van der Waals surface area contributed by atoms with Crippen molar-refractivity contribution in [3.63, 3.8) is 0 Å². The molecule has 0 unspecified atom stereocenters. The minimum atomic E-state index is 1.07. The Kier molecular flexibility index (Phi) is 14.1. The van der Waals surface area contributed by atoms with E-state index in [1.165, 1.54) is 55.5 Å². The second-order valence-corrected chi connectivity index (χ2v) is 21.6. The lowest BCUT2D eigenvalue weighted by molar-refractivity contribution is -0.671. The van der Waals surface area contributed by atoms with Crippen molar-refractivity contribution in [3.05, 3.63) is 334 Å². The van der Waals surface area contributed by atoms with E-state index in [1.54, 1.807) is 0 Å². The number of hydrogen-bond donors (Lipinski definition) is 0. The molecule has 5 nitrogen and oxygen atoms in total. The molecule has 14 aromatic rings. The van der Waals surface area contributed by atoms with Crippen LogP contribution in [0.4, 0.5) is 34.1 Å². The fraction of sp³-hybridized carbons (Fsp3) is 0.0250. The van der Waals surface area contributed by atoms with Crippen molar-refractivity contribution < 1.29 is 9.13 Å². The summed E-state index contributed by atoms with van der Waals surface area (Å²) in [5.74, 6) is 1.13. The molecule has 2 aromatic heterocycles. The van der Waals surface area contributed by atoms with Gasteiger partial charge in [-0.15, -0.1) is 0 Å². The summed E-state index contributed by atoms with van der Waals surface area (Å²) in [6, 6.07) is 116. The van der Waals surface area contributed by atoms with Gasteiger partial charge < -0.3 is 9.80 Å². The van der Waals surface area contributed by atoms with E-state index >= 15 is 0 Å². The van der Waals surface area contributed by atoms with Crippen molar-refractivity contribution >= 4 is 45.2 Å². The largest absolute Gasteiger partial charge is 0.311 e. The smallest absolute Gasteiger partial charge is 0.294 e. The highest BCUT2D eigenvalue weighted by molar-refractivity contribution is 5.85. The maximum Gasteiger partial charge on any atom is 0.294 e. The van der Waals surface area contributed by atoms with Crippen LogP contribution in [0, 0.1) is 0 Å². The highest BCUT2D eigenvalue weighted by Crippen LogP contribution is 2.41. The maximum absolute atomic E-state index is 2.36. The Bertz CT molecular complexity index is 4540. The molecule has 0 atom stereocenters. The molecule has 0 aliphatic heterocycles. The van der Waals surface area contributed by atoms with Crippen LogP contribution in [0.3, 0.4) is 0 Å². The van der Waals surface area contributed by atoms with Gasteiger partial charge in [-0.25, -0.2) is 9.13 Å². The van der Waals surface area contributed by atoms with Gasteiger partial charge in [0.05, 0.1) is 12.6 Å². The zero-order valence-corrected chi connectivity index (χ0v) is 47.5. The van der Waals surface area contributed by atoms with Crippen molar-refractivity contribution in [1.29, 1.82) is 0 Å². The molecule has 0 amide bonds. The van der Waals surface area contributed by atoms with E-state index in [1.807, 2.05) is 7.05 Å². The molecule has 0 spiro atoms. The first-order valence-electron chi connectivity index (χ1n) is 29.0.